The Morgan fingerprint density at radius 3 is 2.71 bits per heavy atom. The zero-order valence-corrected chi connectivity index (χ0v) is 13.3. The summed E-state index contributed by atoms with van der Waals surface area (Å²) >= 11 is 0. The van der Waals surface area contributed by atoms with Crippen LogP contribution in [0.1, 0.15) is 65.4 Å². The van der Waals surface area contributed by atoms with Crippen LogP contribution in [-0.2, 0) is 11.3 Å². The minimum absolute atomic E-state index is 0.0241. The Morgan fingerprint density at radius 2 is 2.00 bits per heavy atom. The maximum absolute atomic E-state index is 12.2. The highest BCUT2D eigenvalue weighted by molar-refractivity contribution is 5.93. The van der Waals surface area contributed by atoms with Gasteiger partial charge in [0, 0.05) is 31.1 Å². The third-order valence-corrected chi connectivity index (χ3v) is 4.26. The average Bonchev–Trinajstić information content (AvgIpc) is 3.34. The third kappa shape index (κ3) is 3.41. The van der Waals surface area contributed by atoms with Crippen molar-refractivity contribution in [1.29, 1.82) is 0 Å². The maximum Gasteiger partial charge on any atom is 0.254 e. The van der Waals surface area contributed by atoms with Gasteiger partial charge in [-0.1, -0.05) is 0 Å². The lowest BCUT2D eigenvalue weighted by Crippen LogP contribution is -2.24. The van der Waals surface area contributed by atoms with Crippen molar-refractivity contribution in [3.63, 3.8) is 0 Å². The number of nitrogens with one attached hydrogen (secondary N) is 1. The summed E-state index contributed by atoms with van der Waals surface area (Å²) in [5, 5.41) is 2.85. The Balaban J connectivity index is 1.37. The van der Waals surface area contributed by atoms with Crippen molar-refractivity contribution in [3.8, 4) is 0 Å². The first-order chi connectivity index (χ1) is 11.8. The molecule has 124 valence electrons. The van der Waals surface area contributed by atoms with Gasteiger partial charge in [-0.05, 0) is 31.7 Å². The molecule has 0 aromatic carbocycles. The molecule has 1 amide bonds. The number of amides is 1. The Morgan fingerprint density at radius 1 is 1.17 bits per heavy atom. The van der Waals surface area contributed by atoms with E-state index in [1.165, 1.54) is 0 Å². The molecule has 1 aliphatic heterocycles. The van der Waals surface area contributed by atoms with E-state index in [-0.39, 0.29) is 12.0 Å². The molecule has 1 saturated heterocycles. The fraction of sp³-hybridized carbons (Fsp3) is 0.471. The van der Waals surface area contributed by atoms with Gasteiger partial charge in [-0.3, -0.25) is 4.79 Å². The van der Waals surface area contributed by atoms with Gasteiger partial charge in [0.2, 0.25) is 0 Å². The molecule has 0 spiro atoms. The first-order valence-corrected chi connectivity index (χ1v) is 8.33. The lowest BCUT2D eigenvalue weighted by molar-refractivity contribution is 0.0949. The zero-order valence-electron chi connectivity index (χ0n) is 13.3. The zero-order chi connectivity index (χ0) is 16.4. The molecule has 4 rings (SSSR count). The second kappa shape index (κ2) is 6.60. The van der Waals surface area contributed by atoms with Gasteiger partial charge in [-0.15, -0.1) is 0 Å². The van der Waals surface area contributed by atoms with Crippen molar-refractivity contribution in [2.45, 2.75) is 44.2 Å². The van der Waals surface area contributed by atoms with Crippen LogP contribution in [0.2, 0.25) is 0 Å². The van der Waals surface area contributed by atoms with Gasteiger partial charge in [0.1, 0.15) is 11.9 Å². The molecule has 1 N–H and O–H groups in total. The van der Waals surface area contributed by atoms with Crippen molar-refractivity contribution in [2.24, 2.45) is 0 Å². The van der Waals surface area contributed by atoms with Crippen molar-refractivity contribution >= 4 is 5.91 Å². The Hall–Kier alpha value is -2.41. The number of carbonyl (C=O) groups is 1. The van der Waals surface area contributed by atoms with Gasteiger partial charge in [-0.25, -0.2) is 19.9 Å². The first kappa shape index (κ1) is 15.1. The Bertz CT molecular complexity index is 724. The largest absolute Gasteiger partial charge is 0.370 e. The molecule has 2 aromatic heterocycles. The van der Waals surface area contributed by atoms with Crippen molar-refractivity contribution in [2.75, 3.05) is 6.61 Å². The van der Waals surface area contributed by atoms with Crippen LogP contribution in [-0.4, -0.2) is 32.4 Å². The van der Waals surface area contributed by atoms with Gasteiger partial charge >= 0.3 is 0 Å². The Kier molecular flexibility index (Phi) is 4.17. The van der Waals surface area contributed by atoms with Crippen LogP contribution in [0.5, 0.6) is 0 Å². The van der Waals surface area contributed by atoms with Crippen molar-refractivity contribution in [1.82, 2.24) is 25.3 Å². The van der Waals surface area contributed by atoms with Gasteiger partial charge in [0.05, 0.1) is 17.8 Å². The molecule has 2 fully saturated rings. The van der Waals surface area contributed by atoms with E-state index in [0.29, 0.717) is 23.9 Å². The summed E-state index contributed by atoms with van der Waals surface area (Å²) in [4.78, 5) is 29.5. The van der Waals surface area contributed by atoms with Crippen LogP contribution in [0.25, 0.3) is 0 Å². The van der Waals surface area contributed by atoms with E-state index in [4.69, 9.17) is 4.74 Å². The standard InChI is InChI=1S/C17H19N5O2/c23-17(12-8-19-15(20-9-12)11-3-4-11)21-10-13-5-6-18-16(22-13)14-2-1-7-24-14/h5-6,8-9,11,14H,1-4,7,10H2,(H,21,23)/t14-/m1/s1. The minimum Gasteiger partial charge on any atom is -0.370 e. The summed E-state index contributed by atoms with van der Waals surface area (Å²) in [5.74, 6) is 1.81. The number of hydrogen-bond acceptors (Lipinski definition) is 6. The van der Waals surface area contributed by atoms with E-state index in [0.717, 1.165) is 43.8 Å². The Labute approximate surface area is 139 Å². The van der Waals surface area contributed by atoms with Crippen LogP contribution in [0, 0.1) is 0 Å². The lowest BCUT2D eigenvalue weighted by atomic mass is 10.2. The normalized spacial score (nSPS) is 20.1. The molecule has 2 aliphatic rings. The molecule has 0 bridgehead atoms. The van der Waals surface area contributed by atoms with E-state index in [1.54, 1.807) is 24.7 Å². The number of rotatable bonds is 5. The van der Waals surface area contributed by atoms with Crippen LogP contribution in [0.3, 0.4) is 0 Å². The smallest absolute Gasteiger partial charge is 0.254 e. The highest BCUT2D eigenvalue weighted by Crippen LogP contribution is 2.37. The van der Waals surface area contributed by atoms with E-state index in [2.05, 4.69) is 25.3 Å². The number of aromatic nitrogens is 4. The van der Waals surface area contributed by atoms with Crippen LogP contribution < -0.4 is 5.32 Å². The SMILES string of the molecule is O=C(NCc1ccnc([C@H]2CCCO2)n1)c1cnc(C2CC2)nc1. The number of ether oxygens (including phenoxy) is 1. The maximum atomic E-state index is 12.2. The molecule has 0 unspecified atom stereocenters. The average molecular weight is 325 g/mol. The van der Waals surface area contributed by atoms with Crippen molar-refractivity contribution in [3.05, 3.63) is 47.6 Å². The number of carbonyl (C=O) groups excluding carboxylic acids is 1. The van der Waals surface area contributed by atoms with Crippen LogP contribution >= 0.6 is 0 Å². The van der Waals surface area contributed by atoms with Crippen molar-refractivity contribution < 1.29 is 9.53 Å². The highest BCUT2D eigenvalue weighted by Gasteiger charge is 2.26. The van der Waals surface area contributed by atoms with Gasteiger partial charge < -0.3 is 10.1 Å². The molecule has 3 heterocycles. The van der Waals surface area contributed by atoms with E-state index in [1.807, 2.05) is 0 Å². The molecule has 24 heavy (non-hydrogen) atoms. The lowest BCUT2D eigenvalue weighted by Gasteiger charge is -2.09. The molecule has 7 nitrogen and oxygen atoms in total. The summed E-state index contributed by atoms with van der Waals surface area (Å²) < 4.78 is 5.60. The predicted molar refractivity (Wildman–Crippen MR) is 85.1 cm³/mol. The van der Waals surface area contributed by atoms with Gasteiger partial charge in [-0.2, -0.15) is 0 Å². The second-order valence-corrected chi connectivity index (χ2v) is 6.19. The minimum atomic E-state index is -0.199. The van der Waals surface area contributed by atoms with Crippen LogP contribution in [0.4, 0.5) is 0 Å². The topological polar surface area (TPSA) is 89.9 Å². The number of nitrogens with zero attached hydrogens (tertiary/aromatic N) is 4. The summed E-state index contributed by atoms with van der Waals surface area (Å²) in [5.41, 5.74) is 1.23. The quantitative estimate of drug-likeness (QED) is 0.903. The van der Waals surface area contributed by atoms with Crippen LogP contribution in [0.15, 0.2) is 24.7 Å². The molecular formula is C17H19N5O2. The summed E-state index contributed by atoms with van der Waals surface area (Å²) in [7, 11) is 0. The van der Waals surface area contributed by atoms with Gasteiger partial charge in [0.25, 0.3) is 5.91 Å². The summed E-state index contributed by atoms with van der Waals surface area (Å²) in [6.07, 6.45) is 9.13. The molecule has 1 aliphatic carbocycles. The highest BCUT2D eigenvalue weighted by atomic mass is 16.5. The molecule has 1 saturated carbocycles. The molecule has 7 heteroatoms. The summed E-state index contributed by atoms with van der Waals surface area (Å²) in [6.45, 7) is 1.09. The van der Waals surface area contributed by atoms with Gasteiger partial charge in [0.15, 0.2) is 5.82 Å². The molecule has 1 atom stereocenters. The molecule has 2 aromatic rings. The predicted octanol–water partition coefficient (Wildman–Crippen LogP) is 1.93. The monoisotopic (exact) mass is 325 g/mol. The fourth-order valence-corrected chi connectivity index (χ4v) is 2.73. The molecular weight excluding hydrogens is 306 g/mol. The fourth-order valence-electron chi connectivity index (χ4n) is 2.73. The third-order valence-electron chi connectivity index (χ3n) is 4.26. The second-order valence-electron chi connectivity index (χ2n) is 6.19. The summed E-state index contributed by atoms with van der Waals surface area (Å²) in [6, 6.07) is 1.80. The first-order valence-electron chi connectivity index (χ1n) is 8.33. The number of hydrogen-bond donors (Lipinski definition) is 1. The van der Waals surface area contributed by atoms with E-state index in [9.17, 15) is 4.79 Å². The molecule has 0 radical (unpaired) electrons. The van der Waals surface area contributed by atoms with E-state index >= 15 is 0 Å². The van der Waals surface area contributed by atoms with E-state index < -0.39 is 0 Å².